The van der Waals surface area contributed by atoms with Gasteiger partial charge in [-0.15, -0.1) is 0 Å². The number of ether oxygens (including phenoxy) is 2. The Kier molecular flexibility index (Phi) is 4.58. The van der Waals surface area contributed by atoms with Gasteiger partial charge in [0.2, 0.25) is 0 Å². The Balaban J connectivity index is 1.74. The van der Waals surface area contributed by atoms with Gasteiger partial charge in [-0.2, -0.15) is 0 Å². The van der Waals surface area contributed by atoms with Crippen molar-refractivity contribution in [2.75, 3.05) is 32.8 Å². The highest BCUT2D eigenvalue weighted by Crippen LogP contribution is 2.19. The molecule has 0 aromatic heterocycles. The first-order chi connectivity index (χ1) is 7.75. The molecule has 16 heavy (non-hydrogen) atoms. The Morgan fingerprint density at radius 1 is 1.25 bits per heavy atom. The Morgan fingerprint density at radius 2 is 2.12 bits per heavy atom. The lowest BCUT2D eigenvalue weighted by atomic mass is 9.96. The molecule has 2 fully saturated rings. The molecule has 0 aliphatic carbocycles. The lowest BCUT2D eigenvalue weighted by molar-refractivity contribution is -0.0614. The summed E-state index contributed by atoms with van der Waals surface area (Å²) in [6, 6.07) is 0. The van der Waals surface area contributed by atoms with E-state index in [-0.39, 0.29) is 0 Å². The molecule has 2 N–H and O–H groups in total. The van der Waals surface area contributed by atoms with Crippen LogP contribution in [0.2, 0.25) is 0 Å². The van der Waals surface area contributed by atoms with E-state index in [2.05, 4.69) is 24.5 Å². The molecule has 2 aliphatic heterocycles. The number of hydrogen-bond acceptors (Lipinski definition) is 4. The zero-order valence-electron chi connectivity index (χ0n) is 10.4. The van der Waals surface area contributed by atoms with Gasteiger partial charge in [0.25, 0.3) is 0 Å². The van der Waals surface area contributed by atoms with Gasteiger partial charge in [-0.1, -0.05) is 6.92 Å². The maximum atomic E-state index is 5.91. The van der Waals surface area contributed by atoms with E-state index in [0.29, 0.717) is 24.2 Å². The highest BCUT2D eigenvalue weighted by atomic mass is 16.5. The van der Waals surface area contributed by atoms with Crippen molar-refractivity contribution in [2.24, 2.45) is 5.92 Å². The summed E-state index contributed by atoms with van der Waals surface area (Å²) in [4.78, 5) is 0. The van der Waals surface area contributed by atoms with Crippen molar-refractivity contribution < 1.29 is 9.47 Å². The first-order valence-corrected chi connectivity index (χ1v) is 6.44. The summed E-state index contributed by atoms with van der Waals surface area (Å²) in [5.41, 5.74) is 0. The molecule has 2 saturated heterocycles. The quantitative estimate of drug-likeness (QED) is 0.733. The first kappa shape index (κ1) is 12.3. The zero-order chi connectivity index (χ0) is 11.4. The largest absolute Gasteiger partial charge is 0.375 e. The van der Waals surface area contributed by atoms with E-state index in [9.17, 15) is 0 Å². The molecule has 94 valence electrons. The molecule has 0 aromatic rings. The fourth-order valence-electron chi connectivity index (χ4n) is 2.53. The van der Waals surface area contributed by atoms with Crippen LogP contribution in [0.15, 0.2) is 0 Å². The van der Waals surface area contributed by atoms with Crippen LogP contribution in [0.3, 0.4) is 0 Å². The van der Waals surface area contributed by atoms with Crippen LogP contribution in [0.25, 0.3) is 0 Å². The maximum Gasteiger partial charge on any atom is 0.0726 e. The Bertz CT molecular complexity index is 207. The predicted molar refractivity (Wildman–Crippen MR) is 63.6 cm³/mol. The van der Waals surface area contributed by atoms with E-state index in [0.717, 1.165) is 39.2 Å². The van der Waals surface area contributed by atoms with E-state index >= 15 is 0 Å². The van der Waals surface area contributed by atoms with Crippen molar-refractivity contribution in [2.45, 2.75) is 38.6 Å². The average Bonchev–Trinajstić information content (AvgIpc) is 2.30. The van der Waals surface area contributed by atoms with E-state index in [1.54, 1.807) is 0 Å². The third-order valence-corrected chi connectivity index (χ3v) is 3.45. The lowest BCUT2D eigenvalue weighted by Crippen LogP contribution is -2.47. The molecule has 2 heterocycles. The summed E-state index contributed by atoms with van der Waals surface area (Å²) in [6.45, 7) is 9.16. The Hall–Kier alpha value is -0.160. The fourth-order valence-corrected chi connectivity index (χ4v) is 2.53. The fraction of sp³-hybridized carbons (Fsp3) is 1.00. The third kappa shape index (κ3) is 3.42. The molecule has 4 unspecified atom stereocenters. The molecule has 0 spiro atoms. The summed E-state index contributed by atoms with van der Waals surface area (Å²) in [5.74, 6) is 0.560. The minimum absolute atomic E-state index is 0.344. The highest BCUT2D eigenvalue weighted by molar-refractivity contribution is 4.79. The molecule has 0 bridgehead atoms. The van der Waals surface area contributed by atoms with Crippen LogP contribution in [-0.4, -0.2) is 51.1 Å². The molecular weight excluding hydrogens is 204 g/mol. The monoisotopic (exact) mass is 228 g/mol. The summed E-state index contributed by atoms with van der Waals surface area (Å²) >= 11 is 0. The second kappa shape index (κ2) is 5.96. The highest BCUT2D eigenvalue weighted by Gasteiger charge is 2.26. The van der Waals surface area contributed by atoms with Gasteiger partial charge in [-0.25, -0.2) is 0 Å². The van der Waals surface area contributed by atoms with Crippen molar-refractivity contribution in [3.8, 4) is 0 Å². The molecule has 4 nitrogen and oxygen atoms in total. The van der Waals surface area contributed by atoms with Crippen molar-refractivity contribution >= 4 is 0 Å². The molecule has 0 saturated carbocycles. The standard InChI is InChI=1S/C12H24N2O2/c1-9(12-8-13-3-4-15-12)5-11-7-14-6-10(2)16-11/h9-14H,3-8H2,1-2H3. The second-order valence-electron chi connectivity index (χ2n) is 5.05. The van der Waals surface area contributed by atoms with Crippen molar-refractivity contribution in [3.63, 3.8) is 0 Å². The molecular formula is C12H24N2O2. The lowest BCUT2D eigenvalue weighted by Gasteiger charge is -2.34. The smallest absolute Gasteiger partial charge is 0.0726 e. The van der Waals surface area contributed by atoms with Gasteiger partial charge < -0.3 is 20.1 Å². The molecule has 2 rings (SSSR count). The minimum Gasteiger partial charge on any atom is -0.375 e. The summed E-state index contributed by atoms with van der Waals surface area (Å²) < 4.78 is 11.7. The molecule has 4 heteroatoms. The van der Waals surface area contributed by atoms with Gasteiger partial charge in [0.15, 0.2) is 0 Å². The van der Waals surface area contributed by atoms with Gasteiger partial charge in [-0.05, 0) is 19.3 Å². The minimum atomic E-state index is 0.344. The van der Waals surface area contributed by atoms with Crippen molar-refractivity contribution in [1.29, 1.82) is 0 Å². The van der Waals surface area contributed by atoms with Crippen LogP contribution in [0.1, 0.15) is 20.3 Å². The SMILES string of the molecule is CC1CNCC(CC(C)C2CNCCO2)O1. The van der Waals surface area contributed by atoms with Crippen LogP contribution in [0.4, 0.5) is 0 Å². The van der Waals surface area contributed by atoms with Gasteiger partial charge >= 0.3 is 0 Å². The van der Waals surface area contributed by atoms with E-state index in [1.165, 1.54) is 0 Å². The average molecular weight is 228 g/mol. The van der Waals surface area contributed by atoms with E-state index < -0.39 is 0 Å². The van der Waals surface area contributed by atoms with Crippen LogP contribution in [0.5, 0.6) is 0 Å². The number of morpholine rings is 2. The summed E-state index contributed by atoms with van der Waals surface area (Å²) in [5, 5.41) is 6.79. The van der Waals surface area contributed by atoms with Crippen LogP contribution in [0, 0.1) is 5.92 Å². The first-order valence-electron chi connectivity index (χ1n) is 6.44. The summed E-state index contributed by atoms with van der Waals surface area (Å²) in [7, 11) is 0. The maximum absolute atomic E-state index is 5.91. The molecule has 0 amide bonds. The van der Waals surface area contributed by atoms with Gasteiger partial charge in [0, 0.05) is 26.2 Å². The Labute approximate surface area is 98.1 Å². The topological polar surface area (TPSA) is 42.5 Å². The molecule has 0 aromatic carbocycles. The van der Waals surface area contributed by atoms with E-state index in [1.807, 2.05) is 0 Å². The van der Waals surface area contributed by atoms with E-state index in [4.69, 9.17) is 9.47 Å². The molecule has 2 aliphatic rings. The van der Waals surface area contributed by atoms with Crippen LogP contribution < -0.4 is 10.6 Å². The van der Waals surface area contributed by atoms with Gasteiger partial charge in [0.05, 0.1) is 24.9 Å². The molecule has 4 atom stereocenters. The number of nitrogens with one attached hydrogen (secondary N) is 2. The zero-order valence-corrected chi connectivity index (χ0v) is 10.4. The predicted octanol–water partition coefficient (Wildman–Crippen LogP) is 0.378. The number of hydrogen-bond donors (Lipinski definition) is 2. The Morgan fingerprint density at radius 3 is 2.81 bits per heavy atom. The normalized spacial score (nSPS) is 38.2. The van der Waals surface area contributed by atoms with Crippen LogP contribution >= 0.6 is 0 Å². The van der Waals surface area contributed by atoms with Gasteiger partial charge in [0.1, 0.15) is 0 Å². The van der Waals surface area contributed by atoms with Crippen molar-refractivity contribution in [1.82, 2.24) is 10.6 Å². The summed E-state index contributed by atoms with van der Waals surface area (Å²) in [6.07, 6.45) is 2.14. The second-order valence-corrected chi connectivity index (χ2v) is 5.05. The molecule has 0 radical (unpaired) electrons. The number of rotatable bonds is 3. The van der Waals surface area contributed by atoms with Crippen molar-refractivity contribution in [3.05, 3.63) is 0 Å². The van der Waals surface area contributed by atoms with Gasteiger partial charge in [-0.3, -0.25) is 0 Å². The third-order valence-electron chi connectivity index (χ3n) is 3.45. The van der Waals surface area contributed by atoms with Crippen LogP contribution in [-0.2, 0) is 9.47 Å².